The fraction of sp³-hybridized carbons (Fsp3) is 0.429. The van der Waals surface area contributed by atoms with Crippen LogP contribution in [0.25, 0.3) is 0 Å². The first-order valence-electron chi connectivity index (χ1n) is 5.90. The van der Waals surface area contributed by atoms with Gasteiger partial charge in [0.15, 0.2) is 0 Å². The summed E-state index contributed by atoms with van der Waals surface area (Å²) >= 11 is 0. The molecule has 17 heavy (non-hydrogen) atoms. The standard InChI is InChI=1S/C14H21FN2/c1-5-17(9-10(2)3)13-8-6-7-12(15)14(13)11(4)16/h6-8,11H,2,5,9,16H2,1,3-4H3/t11-/m1/s1. The number of nitrogens with zero attached hydrogens (tertiary/aromatic N) is 1. The highest BCUT2D eigenvalue weighted by atomic mass is 19.1. The Balaban J connectivity index is 3.18. The van der Waals surface area contributed by atoms with Gasteiger partial charge in [-0.3, -0.25) is 0 Å². The highest BCUT2D eigenvalue weighted by molar-refractivity contribution is 5.56. The first-order valence-corrected chi connectivity index (χ1v) is 5.90. The summed E-state index contributed by atoms with van der Waals surface area (Å²) in [6, 6.07) is 4.77. The third kappa shape index (κ3) is 3.30. The second kappa shape index (κ2) is 5.82. The van der Waals surface area contributed by atoms with Crippen LogP contribution >= 0.6 is 0 Å². The summed E-state index contributed by atoms with van der Waals surface area (Å²) in [5.74, 6) is -0.238. The Hall–Kier alpha value is -1.35. The molecule has 0 unspecified atom stereocenters. The van der Waals surface area contributed by atoms with E-state index in [0.717, 1.165) is 24.4 Å². The van der Waals surface area contributed by atoms with Crippen molar-refractivity contribution in [3.63, 3.8) is 0 Å². The number of nitrogens with two attached hydrogens (primary N) is 1. The van der Waals surface area contributed by atoms with E-state index < -0.39 is 0 Å². The lowest BCUT2D eigenvalue weighted by Crippen LogP contribution is -2.27. The highest BCUT2D eigenvalue weighted by Gasteiger charge is 2.16. The van der Waals surface area contributed by atoms with Crippen molar-refractivity contribution in [2.45, 2.75) is 26.8 Å². The lowest BCUT2D eigenvalue weighted by atomic mass is 10.0. The highest BCUT2D eigenvalue weighted by Crippen LogP contribution is 2.28. The number of halogens is 1. The van der Waals surface area contributed by atoms with Gasteiger partial charge >= 0.3 is 0 Å². The van der Waals surface area contributed by atoms with Crippen molar-refractivity contribution in [2.24, 2.45) is 5.73 Å². The topological polar surface area (TPSA) is 29.3 Å². The molecule has 0 saturated carbocycles. The van der Waals surface area contributed by atoms with Crippen LogP contribution in [0, 0.1) is 5.82 Å². The van der Waals surface area contributed by atoms with Gasteiger partial charge in [-0.2, -0.15) is 0 Å². The van der Waals surface area contributed by atoms with Gasteiger partial charge in [-0.15, -0.1) is 0 Å². The minimum atomic E-state index is -0.314. The molecule has 0 aliphatic heterocycles. The molecule has 2 nitrogen and oxygen atoms in total. The SMILES string of the molecule is C=C(C)CN(CC)c1cccc(F)c1[C@@H](C)N. The Bertz CT molecular complexity index is 399. The van der Waals surface area contributed by atoms with Crippen LogP contribution in [-0.4, -0.2) is 13.1 Å². The van der Waals surface area contributed by atoms with Crippen molar-refractivity contribution >= 4 is 5.69 Å². The summed E-state index contributed by atoms with van der Waals surface area (Å²) in [6.07, 6.45) is 0. The summed E-state index contributed by atoms with van der Waals surface area (Å²) in [6.45, 7) is 11.2. The molecule has 0 radical (unpaired) electrons. The lowest BCUT2D eigenvalue weighted by molar-refractivity contribution is 0.592. The maximum atomic E-state index is 13.8. The van der Waals surface area contributed by atoms with Gasteiger partial charge in [0, 0.05) is 30.4 Å². The lowest BCUT2D eigenvalue weighted by Gasteiger charge is -2.27. The van der Waals surface area contributed by atoms with Crippen LogP contribution in [0.5, 0.6) is 0 Å². The van der Waals surface area contributed by atoms with Gasteiger partial charge in [0.2, 0.25) is 0 Å². The van der Waals surface area contributed by atoms with Crippen LogP contribution < -0.4 is 10.6 Å². The van der Waals surface area contributed by atoms with Crippen LogP contribution in [0.3, 0.4) is 0 Å². The maximum absolute atomic E-state index is 13.8. The molecule has 1 aromatic carbocycles. The molecule has 1 aromatic rings. The van der Waals surface area contributed by atoms with E-state index in [1.165, 1.54) is 6.07 Å². The normalized spacial score (nSPS) is 12.3. The van der Waals surface area contributed by atoms with Gasteiger partial charge in [-0.25, -0.2) is 4.39 Å². The van der Waals surface area contributed by atoms with E-state index in [1.807, 2.05) is 19.9 Å². The fourth-order valence-corrected chi connectivity index (χ4v) is 1.95. The average Bonchev–Trinajstić information content (AvgIpc) is 2.24. The molecule has 1 atom stereocenters. The van der Waals surface area contributed by atoms with Gasteiger partial charge < -0.3 is 10.6 Å². The Labute approximate surface area is 103 Å². The summed E-state index contributed by atoms with van der Waals surface area (Å²) in [5, 5.41) is 0. The number of benzene rings is 1. The van der Waals surface area contributed by atoms with Crippen molar-refractivity contribution in [2.75, 3.05) is 18.0 Å². The van der Waals surface area contributed by atoms with E-state index in [0.29, 0.717) is 5.56 Å². The molecule has 0 aromatic heterocycles. The maximum Gasteiger partial charge on any atom is 0.130 e. The second-order valence-electron chi connectivity index (χ2n) is 4.43. The monoisotopic (exact) mass is 236 g/mol. The van der Waals surface area contributed by atoms with Crippen LogP contribution in [0.2, 0.25) is 0 Å². The summed E-state index contributed by atoms with van der Waals surface area (Å²) < 4.78 is 13.8. The van der Waals surface area contributed by atoms with Gasteiger partial charge in [-0.05, 0) is 32.9 Å². The molecule has 0 fully saturated rings. The average molecular weight is 236 g/mol. The van der Waals surface area contributed by atoms with Gasteiger partial charge in [0.05, 0.1) is 0 Å². The number of hydrogen-bond acceptors (Lipinski definition) is 2. The first kappa shape index (κ1) is 13.7. The summed E-state index contributed by atoms with van der Waals surface area (Å²) in [7, 11) is 0. The Kier molecular flexibility index (Phi) is 4.70. The number of anilines is 1. The third-order valence-electron chi connectivity index (χ3n) is 2.67. The van der Waals surface area contributed by atoms with Crippen molar-refractivity contribution in [1.82, 2.24) is 0 Å². The predicted octanol–water partition coefficient (Wildman–Crippen LogP) is 3.25. The number of hydrogen-bond donors (Lipinski definition) is 1. The molecular formula is C14H21FN2. The van der Waals surface area contributed by atoms with Gasteiger partial charge in [-0.1, -0.05) is 18.2 Å². The van der Waals surface area contributed by atoms with Gasteiger partial charge in [0.25, 0.3) is 0 Å². The van der Waals surface area contributed by atoms with E-state index in [1.54, 1.807) is 13.0 Å². The summed E-state index contributed by atoms with van der Waals surface area (Å²) in [4.78, 5) is 2.09. The molecule has 0 heterocycles. The van der Waals surface area contributed by atoms with Crippen LogP contribution in [0.1, 0.15) is 32.4 Å². The summed E-state index contributed by atoms with van der Waals surface area (Å²) in [5.41, 5.74) is 8.34. The van der Waals surface area contributed by atoms with Crippen molar-refractivity contribution in [3.05, 3.63) is 41.7 Å². The molecule has 2 N–H and O–H groups in total. The van der Waals surface area contributed by atoms with Crippen LogP contribution in [0.15, 0.2) is 30.4 Å². The smallest absolute Gasteiger partial charge is 0.130 e. The molecule has 0 saturated heterocycles. The van der Waals surface area contributed by atoms with E-state index in [4.69, 9.17) is 5.73 Å². The Morgan fingerprint density at radius 1 is 1.53 bits per heavy atom. The number of likely N-dealkylation sites (N-methyl/N-ethyl adjacent to an activating group) is 1. The van der Waals surface area contributed by atoms with Crippen molar-refractivity contribution < 1.29 is 4.39 Å². The van der Waals surface area contributed by atoms with E-state index >= 15 is 0 Å². The zero-order valence-electron chi connectivity index (χ0n) is 10.8. The fourth-order valence-electron chi connectivity index (χ4n) is 1.95. The molecule has 0 amide bonds. The molecule has 0 spiro atoms. The molecule has 3 heteroatoms. The third-order valence-corrected chi connectivity index (χ3v) is 2.67. The van der Waals surface area contributed by atoms with E-state index in [2.05, 4.69) is 11.5 Å². The molecule has 1 rings (SSSR count). The van der Waals surface area contributed by atoms with Crippen LogP contribution in [-0.2, 0) is 0 Å². The first-order chi connectivity index (χ1) is 7.97. The van der Waals surface area contributed by atoms with E-state index in [-0.39, 0.29) is 11.9 Å². The zero-order valence-corrected chi connectivity index (χ0v) is 10.8. The molecular weight excluding hydrogens is 215 g/mol. The quantitative estimate of drug-likeness (QED) is 0.795. The Morgan fingerprint density at radius 3 is 2.65 bits per heavy atom. The van der Waals surface area contributed by atoms with E-state index in [9.17, 15) is 4.39 Å². The van der Waals surface area contributed by atoms with Crippen molar-refractivity contribution in [3.8, 4) is 0 Å². The zero-order chi connectivity index (χ0) is 13.0. The Morgan fingerprint density at radius 2 is 2.18 bits per heavy atom. The second-order valence-corrected chi connectivity index (χ2v) is 4.43. The molecule has 94 valence electrons. The largest absolute Gasteiger partial charge is 0.367 e. The minimum absolute atomic E-state index is 0.238. The van der Waals surface area contributed by atoms with Crippen LogP contribution in [0.4, 0.5) is 10.1 Å². The van der Waals surface area contributed by atoms with Gasteiger partial charge in [0.1, 0.15) is 5.82 Å². The molecule has 0 aliphatic carbocycles. The number of rotatable bonds is 5. The predicted molar refractivity (Wildman–Crippen MR) is 71.7 cm³/mol. The van der Waals surface area contributed by atoms with Crippen molar-refractivity contribution in [1.29, 1.82) is 0 Å². The molecule has 0 bridgehead atoms. The minimum Gasteiger partial charge on any atom is -0.367 e. The molecule has 0 aliphatic rings.